The number of nitriles is 1. The maximum atomic E-state index is 13.0. The molecule has 0 radical (unpaired) electrons. The summed E-state index contributed by atoms with van der Waals surface area (Å²) in [5, 5.41) is 16.9. The molecule has 1 fully saturated rings. The third-order valence-corrected chi connectivity index (χ3v) is 7.90. The number of carbonyl (C=O) groups excluding carboxylic acids is 1. The van der Waals surface area contributed by atoms with Crippen LogP contribution in [0, 0.1) is 11.3 Å². The topological polar surface area (TPSA) is 92.8 Å². The van der Waals surface area contributed by atoms with Crippen LogP contribution < -0.4 is 5.32 Å². The number of hydrogen-bond acceptors (Lipinski definition) is 7. The zero-order valence-corrected chi connectivity index (χ0v) is 22.5. The average molecular weight is 513 g/mol. The van der Waals surface area contributed by atoms with E-state index in [9.17, 15) is 4.79 Å². The summed E-state index contributed by atoms with van der Waals surface area (Å²) in [6.45, 7) is 5.91. The molecule has 9 heteroatoms. The highest BCUT2D eigenvalue weighted by atomic mass is 16.2. The van der Waals surface area contributed by atoms with Gasteiger partial charge in [0.1, 0.15) is 0 Å². The smallest absolute Gasteiger partial charge is 0.253 e. The van der Waals surface area contributed by atoms with E-state index in [-0.39, 0.29) is 18.0 Å². The first-order valence-electron chi connectivity index (χ1n) is 13.4. The summed E-state index contributed by atoms with van der Waals surface area (Å²) < 4.78 is 1.80. The summed E-state index contributed by atoms with van der Waals surface area (Å²) in [5.74, 6) is 0.573. The van der Waals surface area contributed by atoms with Gasteiger partial charge in [-0.1, -0.05) is 6.08 Å². The maximum absolute atomic E-state index is 13.0. The van der Waals surface area contributed by atoms with Gasteiger partial charge in [-0.25, -0.2) is 4.52 Å². The predicted molar refractivity (Wildman–Crippen MR) is 149 cm³/mol. The number of hydrogen-bond donors (Lipinski definition) is 1. The Balaban J connectivity index is 1.26. The average Bonchev–Trinajstić information content (AvgIpc) is 3.36. The van der Waals surface area contributed by atoms with E-state index in [0.29, 0.717) is 17.9 Å². The zero-order valence-electron chi connectivity index (χ0n) is 22.5. The summed E-state index contributed by atoms with van der Waals surface area (Å²) >= 11 is 0. The minimum absolute atomic E-state index is 0.0583. The largest absolute Gasteiger partial charge is 0.339 e. The quantitative estimate of drug-likeness (QED) is 0.511. The minimum atomic E-state index is 0.0583. The Labute approximate surface area is 224 Å². The molecule has 9 nitrogen and oxygen atoms in total. The SMILES string of the molecule is CC(CC#N)N1CC=C(c2cccn3nc(Nc4ccc(C(=O)N(C)C5CCN(C)CC5)cc4)nc23)CC1. The zero-order chi connectivity index (χ0) is 26.6. The van der Waals surface area contributed by atoms with E-state index >= 15 is 0 Å². The van der Waals surface area contributed by atoms with E-state index in [1.165, 1.54) is 5.57 Å². The van der Waals surface area contributed by atoms with E-state index in [1.807, 2.05) is 48.5 Å². The Morgan fingerprint density at radius 3 is 2.66 bits per heavy atom. The fourth-order valence-corrected chi connectivity index (χ4v) is 5.38. The lowest BCUT2D eigenvalue weighted by Crippen LogP contribution is -2.44. The fraction of sp³-hybridized carbons (Fsp3) is 0.448. The van der Waals surface area contributed by atoms with Crippen molar-refractivity contribution in [2.24, 2.45) is 0 Å². The van der Waals surface area contributed by atoms with Gasteiger partial charge in [-0.15, -0.1) is 5.10 Å². The highest BCUT2D eigenvalue weighted by Gasteiger charge is 2.25. The Morgan fingerprint density at radius 1 is 1.21 bits per heavy atom. The number of pyridine rings is 1. The number of benzene rings is 1. The number of aromatic nitrogens is 3. The van der Waals surface area contributed by atoms with Gasteiger partial charge < -0.3 is 15.1 Å². The molecule has 1 amide bonds. The molecule has 38 heavy (non-hydrogen) atoms. The fourth-order valence-electron chi connectivity index (χ4n) is 5.38. The molecular weight excluding hydrogens is 476 g/mol. The first kappa shape index (κ1) is 25.9. The molecule has 198 valence electrons. The number of piperidine rings is 1. The summed E-state index contributed by atoms with van der Waals surface area (Å²) in [4.78, 5) is 24.4. The van der Waals surface area contributed by atoms with Gasteiger partial charge in [0.2, 0.25) is 5.95 Å². The number of anilines is 2. The number of nitrogens with one attached hydrogen (secondary N) is 1. The van der Waals surface area contributed by atoms with Crippen molar-refractivity contribution in [1.82, 2.24) is 29.3 Å². The number of rotatable bonds is 7. The molecule has 1 unspecified atom stereocenters. The summed E-state index contributed by atoms with van der Waals surface area (Å²) in [6, 6.07) is 14.4. The molecule has 0 saturated carbocycles. The molecule has 1 atom stereocenters. The molecule has 2 aliphatic heterocycles. The summed E-state index contributed by atoms with van der Waals surface area (Å²) in [6.07, 6.45) is 7.62. The maximum Gasteiger partial charge on any atom is 0.253 e. The lowest BCUT2D eigenvalue weighted by molar-refractivity contribution is 0.0659. The van der Waals surface area contributed by atoms with Crippen LogP contribution in [-0.2, 0) is 0 Å². The summed E-state index contributed by atoms with van der Waals surface area (Å²) in [7, 11) is 4.04. The normalized spacial score (nSPS) is 18.1. The van der Waals surface area contributed by atoms with Crippen molar-refractivity contribution in [3.8, 4) is 6.07 Å². The third kappa shape index (κ3) is 5.57. The van der Waals surface area contributed by atoms with Crippen molar-refractivity contribution in [3.05, 3.63) is 59.8 Å². The molecule has 2 aliphatic rings. The van der Waals surface area contributed by atoms with Crippen LogP contribution in [0.1, 0.15) is 48.5 Å². The van der Waals surface area contributed by atoms with Crippen molar-refractivity contribution in [2.45, 2.75) is 44.7 Å². The van der Waals surface area contributed by atoms with Gasteiger partial charge in [-0.3, -0.25) is 9.69 Å². The highest BCUT2D eigenvalue weighted by Crippen LogP contribution is 2.27. The molecule has 3 aromatic rings. The number of fused-ring (bicyclic) bond motifs is 1. The first-order chi connectivity index (χ1) is 18.4. The monoisotopic (exact) mass is 512 g/mol. The molecule has 1 N–H and O–H groups in total. The number of likely N-dealkylation sites (tertiary alicyclic amines) is 1. The van der Waals surface area contributed by atoms with E-state index in [0.717, 1.165) is 62.3 Å². The molecule has 0 aliphatic carbocycles. The van der Waals surface area contributed by atoms with E-state index in [2.05, 4.69) is 52.4 Å². The van der Waals surface area contributed by atoms with Gasteiger partial charge in [0.15, 0.2) is 5.65 Å². The number of amides is 1. The van der Waals surface area contributed by atoms with Gasteiger partial charge in [-0.05, 0) is 88.3 Å². The number of nitrogens with zero attached hydrogens (tertiary/aromatic N) is 7. The first-order valence-corrected chi connectivity index (χ1v) is 13.4. The molecule has 5 rings (SSSR count). The Bertz CT molecular complexity index is 1350. The molecule has 2 aromatic heterocycles. The molecule has 1 aromatic carbocycles. The van der Waals surface area contributed by atoms with Crippen LogP contribution >= 0.6 is 0 Å². The molecule has 0 bridgehead atoms. The second kappa shape index (κ2) is 11.3. The predicted octanol–water partition coefficient (Wildman–Crippen LogP) is 4.03. The van der Waals surface area contributed by atoms with E-state index in [1.54, 1.807) is 4.52 Å². The van der Waals surface area contributed by atoms with Crippen LogP contribution in [0.2, 0.25) is 0 Å². The van der Waals surface area contributed by atoms with Crippen LogP contribution in [-0.4, -0.2) is 87.6 Å². The van der Waals surface area contributed by atoms with Crippen molar-refractivity contribution in [2.75, 3.05) is 45.6 Å². The molecule has 0 spiro atoms. The van der Waals surface area contributed by atoms with E-state index < -0.39 is 0 Å². The summed E-state index contributed by atoms with van der Waals surface area (Å²) in [5.41, 5.74) is 4.67. The molecule has 4 heterocycles. The van der Waals surface area contributed by atoms with Crippen molar-refractivity contribution >= 4 is 28.8 Å². The lowest BCUT2D eigenvalue weighted by Gasteiger charge is -2.35. The minimum Gasteiger partial charge on any atom is -0.339 e. The van der Waals surface area contributed by atoms with Gasteiger partial charge >= 0.3 is 0 Å². The van der Waals surface area contributed by atoms with Crippen molar-refractivity contribution < 1.29 is 4.79 Å². The van der Waals surface area contributed by atoms with Gasteiger partial charge in [0.25, 0.3) is 5.91 Å². The van der Waals surface area contributed by atoms with Crippen LogP contribution in [0.15, 0.2) is 48.7 Å². The highest BCUT2D eigenvalue weighted by molar-refractivity contribution is 5.94. The van der Waals surface area contributed by atoms with Crippen LogP contribution in [0.4, 0.5) is 11.6 Å². The van der Waals surface area contributed by atoms with Gasteiger partial charge in [-0.2, -0.15) is 10.2 Å². The van der Waals surface area contributed by atoms with Gasteiger partial charge in [0, 0.05) is 55.2 Å². The van der Waals surface area contributed by atoms with Crippen LogP contribution in [0.3, 0.4) is 0 Å². The Morgan fingerprint density at radius 2 is 1.97 bits per heavy atom. The number of carbonyl (C=O) groups is 1. The Kier molecular flexibility index (Phi) is 7.72. The lowest BCUT2D eigenvalue weighted by atomic mass is 9.99. The standard InChI is InChI=1S/C29H36N8O/c1-21(10-15-30)36-19-11-22(12-20-36)26-5-4-16-37-27(26)32-29(33-37)31-24-8-6-23(7-9-24)28(38)35(3)25-13-17-34(2)18-14-25/h4-9,11,16,21,25H,10,12-14,17-20H2,1-3H3,(H,31,33). The van der Waals surface area contributed by atoms with Crippen molar-refractivity contribution in [1.29, 1.82) is 5.26 Å². The third-order valence-electron chi connectivity index (χ3n) is 7.90. The molecular formula is C29H36N8O. The molecule has 1 saturated heterocycles. The van der Waals surface area contributed by atoms with Gasteiger partial charge in [0.05, 0.1) is 12.5 Å². The van der Waals surface area contributed by atoms with Crippen LogP contribution in [0.25, 0.3) is 11.2 Å². The Hall–Kier alpha value is -3.74. The second-order valence-corrected chi connectivity index (χ2v) is 10.5. The van der Waals surface area contributed by atoms with Crippen LogP contribution in [0.5, 0.6) is 0 Å². The van der Waals surface area contributed by atoms with Crippen molar-refractivity contribution in [3.63, 3.8) is 0 Å². The second-order valence-electron chi connectivity index (χ2n) is 10.5. The van der Waals surface area contributed by atoms with E-state index in [4.69, 9.17) is 10.2 Å².